The van der Waals surface area contributed by atoms with E-state index in [0.29, 0.717) is 27.8 Å². The number of phenolic OH excluding ortho intramolecular Hbond substituents is 1. The minimum Gasteiger partial charge on any atom is -0.508 e. The van der Waals surface area contributed by atoms with Crippen LogP contribution in [0.2, 0.25) is 0 Å². The number of halogens is 4. The maximum Gasteiger partial charge on any atom is 0.167 e. The second-order valence-electron chi connectivity index (χ2n) is 9.13. The number of aryl methyl sites for hydroxylation is 3. The second kappa shape index (κ2) is 13.2. The van der Waals surface area contributed by atoms with Crippen LogP contribution in [-0.2, 0) is 32.7 Å². The Morgan fingerprint density at radius 1 is 0.410 bits per heavy atom. The third-order valence-corrected chi connectivity index (χ3v) is 6.26. The van der Waals surface area contributed by atoms with E-state index in [1.807, 2.05) is 38.1 Å². The summed E-state index contributed by atoms with van der Waals surface area (Å²) in [6.45, 7) is 5.45. The van der Waals surface area contributed by atoms with Gasteiger partial charge >= 0.3 is 0 Å². The van der Waals surface area contributed by atoms with Crippen LogP contribution in [0, 0.1) is 44.0 Å². The number of phenols is 1. The molecule has 0 spiro atoms. The molecule has 1 nitrogen and oxygen atoms in total. The van der Waals surface area contributed by atoms with Gasteiger partial charge in [0.05, 0.1) is 0 Å². The van der Waals surface area contributed by atoms with Crippen molar-refractivity contribution in [3.63, 3.8) is 0 Å². The van der Waals surface area contributed by atoms with Gasteiger partial charge in [-0.2, -0.15) is 0 Å². The molecule has 0 unspecified atom stereocenters. The molecule has 0 aliphatic rings. The molecule has 0 aromatic heterocycles. The minimum atomic E-state index is -0.885. The summed E-state index contributed by atoms with van der Waals surface area (Å²) < 4.78 is 55.8. The van der Waals surface area contributed by atoms with E-state index in [0.717, 1.165) is 11.1 Å². The summed E-state index contributed by atoms with van der Waals surface area (Å²) in [7, 11) is 0. The first-order valence-electron chi connectivity index (χ1n) is 12.0. The number of hydrogen-bond acceptors (Lipinski definition) is 1. The molecular formula is C33H26F4OY. The third kappa shape index (κ3) is 7.03. The molecule has 195 valence electrons. The molecule has 5 rings (SSSR count). The average molecular weight is 603 g/mol. The number of hydrogen-bond donors (Lipinski definition) is 1. The maximum absolute atomic E-state index is 14.4. The van der Waals surface area contributed by atoms with Crippen molar-refractivity contribution in [2.24, 2.45) is 0 Å². The molecule has 0 aliphatic carbocycles. The molecule has 0 saturated carbocycles. The predicted octanol–water partition coefficient (Wildman–Crippen LogP) is 9.56. The summed E-state index contributed by atoms with van der Waals surface area (Å²) in [5.41, 5.74) is 5.05. The first kappa shape index (κ1) is 30.3. The van der Waals surface area contributed by atoms with Crippen LogP contribution in [0.4, 0.5) is 17.6 Å². The Balaban J connectivity index is 0.000000220. The van der Waals surface area contributed by atoms with E-state index in [9.17, 15) is 22.7 Å². The van der Waals surface area contributed by atoms with Crippen LogP contribution in [0.25, 0.3) is 33.4 Å². The van der Waals surface area contributed by atoms with Gasteiger partial charge in [-0.1, -0.05) is 96.1 Å². The smallest absolute Gasteiger partial charge is 0.167 e. The fraction of sp³-hybridized carbons (Fsp3) is 0.0909. The molecule has 0 saturated heterocycles. The van der Waals surface area contributed by atoms with Gasteiger partial charge in [0.2, 0.25) is 0 Å². The molecule has 0 amide bonds. The fourth-order valence-corrected chi connectivity index (χ4v) is 3.97. The summed E-state index contributed by atoms with van der Waals surface area (Å²) >= 11 is 0. The summed E-state index contributed by atoms with van der Waals surface area (Å²) in [5.74, 6) is -3.21. The van der Waals surface area contributed by atoms with Gasteiger partial charge in [0, 0.05) is 49.4 Å². The van der Waals surface area contributed by atoms with Crippen LogP contribution < -0.4 is 0 Å². The van der Waals surface area contributed by atoms with E-state index < -0.39 is 23.3 Å². The van der Waals surface area contributed by atoms with Crippen molar-refractivity contribution < 1.29 is 55.4 Å². The summed E-state index contributed by atoms with van der Waals surface area (Å²) in [6, 6.07) is 26.9. The minimum absolute atomic E-state index is 0. The van der Waals surface area contributed by atoms with Gasteiger partial charge in [-0.05, 0) is 55.2 Å². The average Bonchev–Trinajstić information content (AvgIpc) is 2.91. The van der Waals surface area contributed by atoms with Crippen molar-refractivity contribution in [3.8, 4) is 39.1 Å². The summed E-state index contributed by atoms with van der Waals surface area (Å²) in [4.78, 5) is 0. The first-order valence-corrected chi connectivity index (χ1v) is 12.0. The molecule has 39 heavy (non-hydrogen) atoms. The van der Waals surface area contributed by atoms with E-state index in [4.69, 9.17) is 0 Å². The first-order chi connectivity index (χ1) is 18.2. The number of aromatic hydroxyl groups is 1. The largest absolute Gasteiger partial charge is 0.508 e. The Hall–Kier alpha value is -3.28. The van der Waals surface area contributed by atoms with Crippen LogP contribution in [-0.4, -0.2) is 5.11 Å². The Morgan fingerprint density at radius 2 is 0.718 bits per heavy atom. The SMILES string of the molecule is Cc1ccc(-c2ccc(-c3ccc(O)cc3)c(F)c2F)cc1.Cc1ccc(-c2ccc(C)c(F)c2F)cc1.[Y]. The van der Waals surface area contributed by atoms with Crippen LogP contribution >= 0.6 is 0 Å². The molecule has 0 fully saturated rings. The van der Waals surface area contributed by atoms with Gasteiger partial charge in [-0.25, -0.2) is 17.6 Å². The maximum atomic E-state index is 14.4. The number of rotatable bonds is 3. The van der Waals surface area contributed by atoms with E-state index in [1.54, 1.807) is 67.6 Å². The molecule has 5 aromatic carbocycles. The monoisotopic (exact) mass is 603 g/mol. The molecule has 5 aromatic rings. The zero-order valence-corrected chi connectivity index (χ0v) is 24.6. The Bertz CT molecular complexity index is 1490. The van der Waals surface area contributed by atoms with Crippen molar-refractivity contribution in [1.82, 2.24) is 0 Å². The third-order valence-electron chi connectivity index (χ3n) is 6.26. The summed E-state index contributed by atoms with van der Waals surface area (Å²) in [5, 5.41) is 9.27. The van der Waals surface area contributed by atoms with E-state index in [1.165, 1.54) is 12.1 Å². The van der Waals surface area contributed by atoms with Gasteiger partial charge in [-0.3, -0.25) is 0 Å². The molecule has 6 heteroatoms. The van der Waals surface area contributed by atoms with Gasteiger partial charge in [0.1, 0.15) is 5.75 Å². The quantitative estimate of drug-likeness (QED) is 0.204. The van der Waals surface area contributed by atoms with Crippen molar-refractivity contribution in [1.29, 1.82) is 0 Å². The zero-order chi connectivity index (χ0) is 27.4. The van der Waals surface area contributed by atoms with Crippen LogP contribution in [0.1, 0.15) is 16.7 Å². The second-order valence-corrected chi connectivity index (χ2v) is 9.13. The molecule has 0 bridgehead atoms. The Labute approximate surface area is 251 Å². The van der Waals surface area contributed by atoms with Gasteiger partial charge in [0.15, 0.2) is 23.3 Å². The Morgan fingerprint density at radius 3 is 1.10 bits per heavy atom. The van der Waals surface area contributed by atoms with Gasteiger partial charge in [0.25, 0.3) is 0 Å². The molecular weight excluding hydrogens is 577 g/mol. The summed E-state index contributed by atoms with van der Waals surface area (Å²) in [6.07, 6.45) is 0. The van der Waals surface area contributed by atoms with E-state index >= 15 is 0 Å². The van der Waals surface area contributed by atoms with E-state index in [2.05, 4.69) is 0 Å². The van der Waals surface area contributed by atoms with Gasteiger partial charge in [-0.15, -0.1) is 0 Å². The van der Waals surface area contributed by atoms with Crippen LogP contribution in [0.15, 0.2) is 97.1 Å². The topological polar surface area (TPSA) is 20.2 Å². The van der Waals surface area contributed by atoms with E-state index in [-0.39, 0.29) is 49.6 Å². The van der Waals surface area contributed by atoms with Crippen molar-refractivity contribution in [2.45, 2.75) is 20.8 Å². The van der Waals surface area contributed by atoms with Crippen LogP contribution in [0.5, 0.6) is 5.75 Å². The molecule has 0 atom stereocenters. The predicted molar refractivity (Wildman–Crippen MR) is 145 cm³/mol. The van der Waals surface area contributed by atoms with Crippen LogP contribution in [0.3, 0.4) is 0 Å². The van der Waals surface area contributed by atoms with Crippen molar-refractivity contribution >= 4 is 0 Å². The molecule has 0 heterocycles. The normalized spacial score (nSPS) is 10.3. The van der Waals surface area contributed by atoms with Crippen molar-refractivity contribution in [3.05, 3.63) is 137 Å². The standard InChI is InChI=1S/C19H14F2O.C14H12F2.Y/c1-12-2-4-13(5-3-12)16-10-11-17(19(21)18(16)20)14-6-8-15(22)9-7-14;1-9-3-6-11(7-4-9)12-8-5-10(2)13(15)14(12)16;/h2-11,22H,1H3;3-8H,1-2H3;. The molecule has 1 radical (unpaired) electrons. The van der Waals surface area contributed by atoms with Gasteiger partial charge < -0.3 is 5.11 Å². The van der Waals surface area contributed by atoms with Crippen molar-refractivity contribution in [2.75, 3.05) is 0 Å². The zero-order valence-electron chi connectivity index (χ0n) is 21.8. The molecule has 1 N–H and O–H groups in total. The number of benzene rings is 5. The Kier molecular flexibility index (Phi) is 10.2. The fourth-order valence-electron chi connectivity index (χ4n) is 3.97. The molecule has 0 aliphatic heterocycles.